The van der Waals surface area contributed by atoms with E-state index in [2.05, 4.69) is 24.5 Å². The van der Waals surface area contributed by atoms with E-state index in [1.54, 1.807) is 0 Å². The van der Waals surface area contributed by atoms with Crippen molar-refractivity contribution < 1.29 is 9.53 Å². The lowest BCUT2D eigenvalue weighted by Gasteiger charge is -2.35. The number of ether oxygens (including phenoxy) is 1. The summed E-state index contributed by atoms with van der Waals surface area (Å²) in [5.74, 6) is 0.103. The molecule has 100 valence electrons. The number of amides is 1. The van der Waals surface area contributed by atoms with Gasteiger partial charge in [-0.3, -0.25) is 4.79 Å². The molecule has 0 aliphatic heterocycles. The Balaban J connectivity index is 2.01. The number of hydrogen-bond acceptors (Lipinski definition) is 3. The van der Waals surface area contributed by atoms with Crippen LogP contribution in [0.4, 0.5) is 0 Å². The molecule has 1 fully saturated rings. The first-order valence-corrected chi connectivity index (χ1v) is 6.80. The maximum atomic E-state index is 11.6. The van der Waals surface area contributed by atoms with Gasteiger partial charge < -0.3 is 15.4 Å². The lowest BCUT2D eigenvalue weighted by atomic mass is 9.89. The summed E-state index contributed by atoms with van der Waals surface area (Å²) < 4.78 is 5.47. The van der Waals surface area contributed by atoms with E-state index in [-0.39, 0.29) is 11.9 Å². The van der Waals surface area contributed by atoms with E-state index in [4.69, 9.17) is 4.74 Å². The summed E-state index contributed by atoms with van der Waals surface area (Å²) in [5, 5.41) is 6.25. The molecule has 0 spiro atoms. The second kappa shape index (κ2) is 7.67. The molecule has 2 N–H and O–H groups in total. The number of carbonyl (C=O) groups is 1. The van der Waals surface area contributed by atoms with Crippen LogP contribution in [-0.4, -0.2) is 37.2 Å². The fourth-order valence-electron chi connectivity index (χ4n) is 2.17. The highest BCUT2D eigenvalue weighted by molar-refractivity contribution is 5.78. The molecule has 1 atom stereocenters. The third-order valence-electron chi connectivity index (χ3n) is 3.18. The molecule has 4 nitrogen and oxygen atoms in total. The predicted octanol–water partition coefficient (Wildman–Crippen LogP) is 1.45. The predicted molar refractivity (Wildman–Crippen MR) is 69.0 cm³/mol. The first kappa shape index (κ1) is 14.5. The normalized spacial score (nSPS) is 25.1. The number of rotatable bonds is 8. The molecular formula is C13H26N2O2. The molecule has 0 aromatic carbocycles. The van der Waals surface area contributed by atoms with Gasteiger partial charge in [0.1, 0.15) is 0 Å². The van der Waals surface area contributed by atoms with Gasteiger partial charge in [0.05, 0.1) is 12.6 Å². The molecule has 1 aliphatic rings. The van der Waals surface area contributed by atoms with Crippen LogP contribution < -0.4 is 10.6 Å². The van der Waals surface area contributed by atoms with Crippen LogP contribution in [0, 0.1) is 0 Å². The zero-order chi connectivity index (χ0) is 12.7. The standard InChI is InChI=1S/C13H26N2O2/c1-4-6-10(3)15-13(16)9-14-11-7-12(8-11)17-5-2/h10-12,14H,4-9H2,1-3H3,(H,15,16). The Hall–Kier alpha value is -0.610. The van der Waals surface area contributed by atoms with E-state index in [0.29, 0.717) is 18.7 Å². The minimum Gasteiger partial charge on any atom is -0.378 e. The molecule has 0 aromatic heterocycles. The fourth-order valence-corrected chi connectivity index (χ4v) is 2.17. The zero-order valence-corrected chi connectivity index (χ0v) is 11.3. The van der Waals surface area contributed by atoms with Crippen LogP contribution >= 0.6 is 0 Å². The Morgan fingerprint density at radius 2 is 2.12 bits per heavy atom. The van der Waals surface area contributed by atoms with Crippen LogP contribution in [0.15, 0.2) is 0 Å². The second-order valence-electron chi connectivity index (χ2n) is 4.88. The Morgan fingerprint density at radius 3 is 2.71 bits per heavy atom. The maximum Gasteiger partial charge on any atom is 0.234 e. The molecule has 0 bridgehead atoms. The topological polar surface area (TPSA) is 50.4 Å². The first-order chi connectivity index (χ1) is 8.15. The van der Waals surface area contributed by atoms with Crippen LogP contribution in [0.1, 0.15) is 46.5 Å². The highest BCUT2D eigenvalue weighted by Crippen LogP contribution is 2.22. The van der Waals surface area contributed by atoms with E-state index in [1.807, 2.05) is 6.92 Å². The van der Waals surface area contributed by atoms with Gasteiger partial charge >= 0.3 is 0 Å². The lowest BCUT2D eigenvalue weighted by Crippen LogP contribution is -2.49. The zero-order valence-electron chi connectivity index (χ0n) is 11.3. The number of hydrogen-bond donors (Lipinski definition) is 2. The molecule has 1 rings (SSSR count). The van der Waals surface area contributed by atoms with Crippen molar-refractivity contribution in [2.24, 2.45) is 0 Å². The molecule has 1 unspecified atom stereocenters. The minimum absolute atomic E-state index is 0.103. The molecule has 1 amide bonds. The SMILES string of the molecule is CCCC(C)NC(=O)CNC1CC(OCC)C1. The van der Waals surface area contributed by atoms with Crippen molar-refractivity contribution in [1.29, 1.82) is 0 Å². The summed E-state index contributed by atoms with van der Waals surface area (Å²) in [5.41, 5.74) is 0. The van der Waals surface area contributed by atoms with Crippen molar-refractivity contribution in [1.82, 2.24) is 10.6 Å². The van der Waals surface area contributed by atoms with Gasteiger partial charge in [0, 0.05) is 18.7 Å². The van der Waals surface area contributed by atoms with E-state index >= 15 is 0 Å². The van der Waals surface area contributed by atoms with Crippen molar-refractivity contribution in [2.45, 2.75) is 64.6 Å². The van der Waals surface area contributed by atoms with Gasteiger partial charge in [-0.2, -0.15) is 0 Å². The molecule has 0 saturated heterocycles. The van der Waals surface area contributed by atoms with Crippen LogP contribution in [0.5, 0.6) is 0 Å². The molecule has 17 heavy (non-hydrogen) atoms. The summed E-state index contributed by atoms with van der Waals surface area (Å²) in [6.07, 6.45) is 4.62. The van der Waals surface area contributed by atoms with Gasteiger partial charge in [0.15, 0.2) is 0 Å². The summed E-state index contributed by atoms with van der Waals surface area (Å²) >= 11 is 0. The Bertz CT molecular complexity index is 227. The van der Waals surface area contributed by atoms with Crippen LogP contribution in [-0.2, 0) is 9.53 Å². The largest absolute Gasteiger partial charge is 0.378 e. The molecule has 1 aliphatic carbocycles. The highest BCUT2D eigenvalue weighted by Gasteiger charge is 2.29. The van der Waals surface area contributed by atoms with Gasteiger partial charge in [0.25, 0.3) is 0 Å². The van der Waals surface area contributed by atoms with Crippen molar-refractivity contribution in [3.05, 3.63) is 0 Å². The number of nitrogens with one attached hydrogen (secondary N) is 2. The third-order valence-corrected chi connectivity index (χ3v) is 3.18. The Kier molecular flexibility index (Phi) is 6.52. The maximum absolute atomic E-state index is 11.6. The van der Waals surface area contributed by atoms with Crippen molar-refractivity contribution >= 4 is 5.91 Å². The lowest BCUT2D eigenvalue weighted by molar-refractivity contribution is -0.121. The average Bonchev–Trinajstić information content (AvgIpc) is 2.21. The number of carbonyl (C=O) groups excluding carboxylic acids is 1. The quantitative estimate of drug-likeness (QED) is 0.677. The van der Waals surface area contributed by atoms with Crippen molar-refractivity contribution in [2.75, 3.05) is 13.2 Å². The summed E-state index contributed by atoms with van der Waals surface area (Å²) in [4.78, 5) is 11.6. The average molecular weight is 242 g/mol. The van der Waals surface area contributed by atoms with E-state index in [9.17, 15) is 4.79 Å². The summed E-state index contributed by atoms with van der Waals surface area (Å²) in [6.45, 7) is 7.41. The third kappa shape index (κ3) is 5.50. The molecule has 0 aromatic rings. The van der Waals surface area contributed by atoms with E-state index in [0.717, 1.165) is 32.3 Å². The van der Waals surface area contributed by atoms with Gasteiger partial charge in [-0.25, -0.2) is 0 Å². The monoisotopic (exact) mass is 242 g/mol. The van der Waals surface area contributed by atoms with Crippen LogP contribution in [0.2, 0.25) is 0 Å². The van der Waals surface area contributed by atoms with Crippen LogP contribution in [0.25, 0.3) is 0 Å². The Morgan fingerprint density at radius 1 is 1.41 bits per heavy atom. The minimum atomic E-state index is 0.103. The second-order valence-corrected chi connectivity index (χ2v) is 4.88. The molecule has 1 saturated carbocycles. The molecule has 4 heteroatoms. The summed E-state index contributed by atoms with van der Waals surface area (Å²) in [7, 11) is 0. The van der Waals surface area contributed by atoms with E-state index < -0.39 is 0 Å². The van der Waals surface area contributed by atoms with Gasteiger partial charge in [-0.15, -0.1) is 0 Å². The highest BCUT2D eigenvalue weighted by atomic mass is 16.5. The van der Waals surface area contributed by atoms with Gasteiger partial charge in [0.2, 0.25) is 5.91 Å². The van der Waals surface area contributed by atoms with Crippen molar-refractivity contribution in [3.63, 3.8) is 0 Å². The fraction of sp³-hybridized carbons (Fsp3) is 0.923. The molecule has 0 heterocycles. The van der Waals surface area contributed by atoms with Gasteiger partial charge in [-0.1, -0.05) is 13.3 Å². The Labute approximate surface area is 104 Å². The van der Waals surface area contributed by atoms with Gasteiger partial charge in [-0.05, 0) is 33.1 Å². The first-order valence-electron chi connectivity index (χ1n) is 6.80. The summed E-state index contributed by atoms with van der Waals surface area (Å²) in [6, 6.07) is 0.741. The smallest absolute Gasteiger partial charge is 0.234 e. The van der Waals surface area contributed by atoms with Crippen molar-refractivity contribution in [3.8, 4) is 0 Å². The van der Waals surface area contributed by atoms with E-state index in [1.165, 1.54) is 0 Å². The molecular weight excluding hydrogens is 216 g/mol. The molecule has 0 radical (unpaired) electrons. The van der Waals surface area contributed by atoms with Crippen LogP contribution in [0.3, 0.4) is 0 Å².